The number of aliphatic hydroxyl groups is 1. The second-order valence-corrected chi connectivity index (χ2v) is 7.67. The minimum atomic E-state index is -0.215. The predicted octanol–water partition coefficient (Wildman–Crippen LogP) is 2.77. The second kappa shape index (κ2) is 8.33. The minimum absolute atomic E-state index is 0.134. The number of thioether (sulfide) groups is 2. The number of rotatable bonds is 9. The molecular weight excluding hydrogens is 268 g/mol. The first kappa shape index (κ1) is 16.2. The summed E-state index contributed by atoms with van der Waals surface area (Å²) in [7, 11) is 0. The smallest absolute Gasteiger partial charge is 0.302 e. The second-order valence-electron chi connectivity index (χ2n) is 4.54. The Labute approximate surface area is 118 Å². The Bertz CT molecular complexity index is 255. The number of ether oxygens (including phenoxy) is 1. The maximum atomic E-state index is 10.8. The Morgan fingerprint density at radius 3 is 2.33 bits per heavy atom. The van der Waals surface area contributed by atoms with Gasteiger partial charge in [-0.05, 0) is 36.2 Å². The molecule has 0 bridgehead atoms. The van der Waals surface area contributed by atoms with Crippen LogP contribution in [0, 0.1) is 11.8 Å². The zero-order valence-corrected chi connectivity index (χ0v) is 13.1. The van der Waals surface area contributed by atoms with Crippen molar-refractivity contribution in [2.24, 2.45) is 11.8 Å². The number of esters is 1. The molecular formula is C13H24O3S2. The van der Waals surface area contributed by atoms with Crippen LogP contribution in [0.5, 0.6) is 0 Å². The lowest BCUT2D eigenvalue weighted by molar-refractivity contribution is -0.141. The highest BCUT2D eigenvalue weighted by atomic mass is 32.2. The van der Waals surface area contributed by atoms with E-state index >= 15 is 0 Å². The van der Waals surface area contributed by atoms with Gasteiger partial charge in [-0.25, -0.2) is 0 Å². The van der Waals surface area contributed by atoms with Gasteiger partial charge in [-0.15, -0.1) is 23.5 Å². The van der Waals surface area contributed by atoms with Gasteiger partial charge in [0.25, 0.3) is 0 Å². The number of carbonyl (C=O) groups is 1. The maximum Gasteiger partial charge on any atom is 0.302 e. The van der Waals surface area contributed by atoms with Crippen LogP contribution in [-0.4, -0.2) is 39.9 Å². The molecule has 3 nitrogen and oxygen atoms in total. The van der Waals surface area contributed by atoms with Gasteiger partial charge < -0.3 is 9.84 Å². The monoisotopic (exact) mass is 292 g/mol. The van der Waals surface area contributed by atoms with Crippen LogP contribution in [-0.2, 0) is 9.53 Å². The molecule has 0 radical (unpaired) electrons. The van der Waals surface area contributed by atoms with Crippen LogP contribution in [0.4, 0.5) is 0 Å². The zero-order chi connectivity index (χ0) is 13.5. The fraction of sp³-hybridized carbons (Fsp3) is 0.923. The third kappa shape index (κ3) is 5.41. The first-order valence-corrected chi connectivity index (χ1v) is 8.74. The summed E-state index contributed by atoms with van der Waals surface area (Å²) >= 11 is 3.90. The van der Waals surface area contributed by atoms with Crippen molar-refractivity contribution in [2.75, 3.05) is 18.1 Å². The molecule has 1 N–H and O–H groups in total. The van der Waals surface area contributed by atoms with Crippen LogP contribution in [0.2, 0.25) is 0 Å². The number of hydrogen-bond donors (Lipinski definition) is 1. The van der Waals surface area contributed by atoms with Crippen molar-refractivity contribution in [3.63, 3.8) is 0 Å². The fourth-order valence-corrected chi connectivity index (χ4v) is 5.20. The molecule has 0 saturated heterocycles. The lowest BCUT2D eigenvalue weighted by Gasteiger charge is -2.25. The molecule has 3 atom stereocenters. The van der Waals surface area contributed by atoms with E-state index in [1.807, 2.05) is 23.5 Å². The van der Waals surface area contributed by atoms with Gasteiger partial charge in [0.15, 0.2) is 0 Å². The van der Waals surface area contributed by atoms with E-state index in [4.69, 9.17) is 4.74 Å². The van der Waals surface area contributed by atoms with Crippen LogP contribution in [0.3, 0.4) is 0 Å². The van der Waals surface area contributed by atoms with Gasteiger partial charge in [0.1, 0.15) is 0 Å². The molecule has 0 unspecified atom stereocenters. The molecule has 1 fully saturated rings. The molecule has 5 heteroatoms. The third-order valence-corrected chi connectivity index (χ3v) is 5.96. The van der Waals surface area contributed by atoms with Crippen molar-refractivity contribution in [1.82, 2.24) is 0 Å². The number of hydrogen-bond acceptors (Lipinski definition) is 5. The van der Waals surface area contributed by atoms with Crippen molar-refractivity contribution in [2.45, 2.75) is 44.3 Å². The summed E-state index contributed by atoms with van der Waals surface area (Å²) in [5, 5.41) is 9.66. The van der Waals surface area contributed by atoms with Gasteiger partial charge in [0.05, 0.1) is 17.3 Å². The molecule has 106 valence electrons. The van der Waals surface area contributed by atoms with E-state index in [0.29, 0.717) is 23.0 Å². The SMILES string of the molecule is CCSC(SCC)[C@@H](CCOC(C)=O)[C@H]1C[C@H]1O. The van der Waals surface area contributed by atoms with Crippen LogP contribution >= 0.6 is 23.5 Å². The maximum absolute atomic E-state index is 10.8. The Morgan fingerprint density at radius 2 is 1.94 bits per heavy atom. The molecule has 0 aromatic carbocycles. The van der Waals surface area contributed by atoms with Gasteiger partial charge in [-0.2, -0.15) is 0 Å². The van der Waals surface area contributed by atoms with Gasteiger partial charge in [0, 0.05) is 6.92 Å². The molecule has 18 heavy (non-hydrogen) atoms. The van der Waals surface area contributed by atoms with E-state index in [0.717, 1.165) is 24.3 Å². The number of aliphatic hydroxyl groups excluding tert-OH is 1. The van der Waals surface area contributed by atoms with Crippen molar-refractivity contribution < 1.29 is 14.6 Å². The van der Waals surface area contributed by atoms with E-state index in [2.05, 4.69) is 13.8 Å². The zero-order valence-electron chi connectivity index (χ0n) is 11.4. The molecule has 0 heterocycles. The lowest BCUT2D eigenvalue weighted by Crippen LogP contribution is -2.21. The molecule has 0 aromatic heterocycles. The van der Waals surface area contributed by atoms with E-state index in [1.165, 1.54) is 6.92 Å². The average Bonchev–Trinajstić information content (AvgIpc) is 3.01. The molecule has 0 aliphatic heterocycles. The Kier molecular flexibility index (Phi) is 7.49. The lowest BCUT2D eigenvalue weighted by atomic mass is 10.0. The topological polar surface area (TPSA) is 46.5 Å². The quantitative estimate of drug-likeness (QED) is 0.523. The summed E-state index contributed by atoms with van der Waals surface area (Å²) in [6, 6.07) is 0. The molecule has 1 saturated carbocycles. The van der Waals surface area contributed by atoms with Crippen LogP contribution < -0.4 is 0 Å². The predicted molar refractivity (Wildman–Crippen MR) is 78.9 cm³/mol. The van der Waals surface area contributed by atoms with Gasteiger partial charge in [-0.3, -0.25) is 4.79 Å². The average molecular weight is 292 g/mol. The Morgan fingerprint density at radius 1 is 1.39 bits per heavy atom. The normalized spacial score (nSPS) is 24.1. The summed E-state index contributed by atoms with van der Waals surface area (Å²) in [5.74, 6) is 2.82. The van der Waals surface area contributed by atoms with Crippen LogP contribution in [0.1, 0.15) is 33.6 Å². The molecule has 1 rings (SSSR count). The van der Waals surface area contributed by atoms with E-state index in [1.54, 1.807) is 0 Å². The first-order valence-electron chi connectivity index (χ1n) is 6.64. The summed E-state index contributed by atoms with van der Waals surface area (Å²) in [6.45, 7) is 6.26. The molecule has 1 aliphatic carbocycles. The van der Waals surface area contributed by atoms with Crippen molar-refractivity contribution in [1.29, 1.82) is 0 Å². The highest BCUT2D eigenvalue weighted by Gasteiger charge is 2.44. The molecule has 0 spiro atoms. The van der Waals surface area contributed by atoms with E-state index < -0.39 is 0 Å². The van der Waals surface area contributed by atoms with Gasteiger partial charge in [-0.1, -0.05) is 13.8 Å². The Hall–Kier alpha value is 0.130. The van der Waals surface area contributed by atoms with E-state index in [-0.39, 0.29) is 12.1 Å². The largest absolute Gasteiger partial charge is 0.466 e. The van der Waals surface area contributed by atoms with Crippen molar-refractivity contribution >= 4 is 29.5 Å². The summed E-state index contributed by atoms with van der Waals surface area (Å²) < 4.78 is 5.56. The number of carbonyl (C=O) groups excluding carboxylic acids is 1. The third-order valence-electron chi connectivity index (χ3n) is 3.12. The molecule has 0 amide bonds. The highest BCUT2D eigenvalue weighted by molar-refractivity contribution is 8.17. The van der Waals surface area contributed by atoms with Gasteiger partial charge in [0.2, 0.25) is 0 Å². The molecule has 1 aliphatic rings. The Balaban J connectivity index is 2.49. The summed E-state index contributed by atoms with van der Waals surface area (Å²) in [4.78, 5) is 10.8. The highest BCUT2D eigenvalue weighted by Crippen LogP contribution is 2.47. The van der Waals surface area contributed by atoms with E-state index in [9.17, 15) is 9.90 Å². The first-order chi connectivity index (χ1) is 8.60. The minimum Gasteiger partial charge on any atom is -0.466 e. The van der Waals surface area contributed by atoms with Crippen molar-refractivity contribution in [3.8, 4) is 0 Å². The van der Waals surface area contributed by atoms with Crippen LogP contribution in [0.25, 0.3) is 0 Å². The standard InChI is InChI=1S/C13H24O3S2/c1-4-17-13(18-5-2)10(11-8-12(11)15)6-7-16-9(3)14/h10-13,15H,4-8H2,1-3H3/t10-,11+,12+/m0/s1. The summed E-state index contributed by atoms with van der Waals surface area (Å²) in [5.41, 5.74) is 0. The van der Waals surface area contributed by atoms with Gasteiger partial charge >= 0.3 is 5.97 Å². The molecule has 0 aromatic rings. The summed E-state index contributed by atoms with van der Waals surface area (Å²) in [6.07, 6.45) is 1.65. The fourth-order valence-electron chi connectivity index (χ4n) is 2.17. The van der Waals surface area contributed by atoms with Crippen LogP contribution in [0.15, 0.2) is 0 Å². The van der Waals surface area contributed by atoms with Crippen molar-refractivity contribution in [3.05, 3.63) is 0 Å².